The zero-order valence-electron chi connectivity index (χ0n) is 12.1. The Morgan fingerprint density at radius 3 is 2.71 bits per heavy atom. The summed E-state index contributed by atoms with van der Waals surface area (Å²) in [5, 5.41) is 2.79. The van der Waals surface area contributed by atoms with Crippen LogP contribution >= 0.6 is 0 Å². The Morgan fingerprint density at radius 1 is 1.24 bits per heavy atom. The van der Waals surface area contributed by atoms with E-state index in [2.05, 4.69) is 5.32 Å². The number of para-hydroxylation sites is 2. The lowest BCUT2D eigenvalue weighted by molar-refractivity contribution is -0.123. The first kappa shape index (κ1) is 14.1. The normalized spacial score (nSPS) is 20.6. The number of amides is 2. The molecule has 0 spiro atoms. The number of rotatable bonds is 2. The summed E-state index contributed by atoms with van der Waals surface area (Å²) in [6.45, 7) is 0.0753. The molecule has 21 heavy (non-hydrogen) atoms. The first-order chi connectivity index (χ1) is 10.1. The van der Waals surface area contributed by atoms with Crippen molar-refractivity contribution < 1.29 is 9.59 Å². The van der Waals surface area contributed by atoms with E-state index in [1.807, 2.05) is 24.3 Å². The first-order valence-electron chi connectivity index (χ1n) is 7.56. The molecule has 5 heteroatoms. The number of benzene rings is 1. The smallest absolute Gasteiger partial charge is 0.244 e. The molecule has 0 aromatic heterocycles. The second kappa shape index (κ2) is 5.48. The molecule has 0 unspecified atom stereocenters. The average molecular weight is 287 g/mol. The lowest BCUT2D eigenvalue weighted by atomic mass is 9.80. The lowest BCUT2D eigenvalue weighted by Gasteiger charge is -2.36. The van der Waals surface area contributed by atoms with Crippen LogP contribution in [0.5, 0.6) is 0 Å². The molecule has 1 aliphatic heterocycles. The summed E-state index contributed by atoms with van der Waals surface area (Å²) in [7, 11) is 0. The molecular weight excluding hydrogens is 266 g/mol. The van der Waals surface area contributed by atoms with Crippen molar-refractivity contribution in [1.29, 1.82) is 0 Å². The molecule has 0 radical (unpaired) electrons. The van der Waals surface area contributed by atoms with Gasteiger partial charge >= 0.3 is 0 Å². The maximum atomic E-state index is 12.6. The van der Waals surface area contributed by atoms with Crippen molar-refractivity contribution in [2.75, 3.05) is 16.8 Å². The van der Waals surface area contributed by atoms with Gasteiger partial charge in [0.1, 0.15) is 6.54 Å². The predicted molar refractivity (Wildman–Crippen MR) is 82.0 cm³/mol. The molecule has 3 rings (SSSR count). The number of fused-ring (bicyclic) bond motifs is 1. The van der Waals surface area contributed by atoms with Crippen LogP contribution < -0.4 is 16.0 Å². The Morgan fingerprint density at radius 2 is 1.95 bits per heavy atom. The van der Waals surface area contributed by atoms with E-state index in [-0.39, 0.29) is 18.4 Å². The van der Waals surface area contributed by atoms with Crippen LogP contribution in [0.1, 0.15) is 38.5 Å². The fraction of sp³-hybridized carbons (Fsp3) is 0.500. The maximum Gasteiger partial charge on any atom is 0.244 e. The van der Waals surface area contributed by atoms with Crippen molar-refractivity contribution in [2.24, 2.45) is 5.73 Å². The maximum absolute atomic E-state index is 12.6. The number of hydrogen-bond donors (Lipinski definition) is 2. The van der Waals surface area contributed by atoms with Crippen molar-refractivity contribution in [2.45, 2.75) is 44.1 Å². The molecule has 1 fully saturated rings. The standard InChI is InChI=1S/C16H21N3O2/c17-16(8-4-1-5-9-16)10-15(21)19-11-14(20)18-12-6-2-3-7-13(12)19/h2-3,6-7H,1,4-5,8-11,17H2,(H,18,20). The molecule has 0 atom stereocenters. The van der Waals surface area contributed by atoms with Gasteiger partial charge in [0, 0.05) is 12.0 Å². The van der Waals surface area contributed by atoms with E-state index in [9.17, 15) is 9.59 Å². The van der Waals surface area contributed by atoms with E-state index in [1.54, 1.807) is 4.90 Å². The summed E-state index contributed by atoms with van der Waals surface area (Å²) in [4.78, 5) is 26.0. The Hall–Kier alpha value is -1.88. The van der Waals surface area contributed by atoms with Crippen molar-refractivity contribution >= 4 is 23.2 Å². The number of carbonyl (C=O) groups is 2. The van der Waals surface area contributed by atoms with Crippen molar-refractivity contribution in [1.82, 2.24) is 0 Å². The monoisotopic (exact) mass is 287 g/mol. The van der Waals surface area contributed by atoms with Gasteiger partial charge in [0.15, 0.2) is 0 Å². The highest BCUT2D eigenvalue weighted by Crippen LogP contribution is 2.33. The van der Waals surface area contributed by atoms with Crippen LogP contribution in [-0.4, -0.2) is 23.9 Å². The third-order valence-electron chi connectivity index (χ3n) is 4.42. The summed E-state index contributed by atoms with van der Waals surface area (Å²) >= 11 is 0. The second-order valence-electron chi connectivity index (χ2n) is 6.15. The molecular formula is C16H21N3O2. The predicted octanol–water partition coefficient (Wildman–Crippen LogP) is 2.02. The molecule has 0 saturated heterocycles. The number of nitrogens with zero attached hydrogens (tertiary/aromatic N) is 1. The number of anilines is 2. The van der Waals surface area contributed by atoms with Gasteiger partial charge in [-0.25, -0.2) is 0 Å². The lowest BCUT2D eigenvalue weighted by Crippen LogP contribution is -2.49. The van der Waals surface area contributed by atoms with Crippen LogP contribution in [0.2, 0.25) is 0 Å². The van der Waals surface area contributed by atoms with Gasteiger partial charge in [0.2, 0.25) is 11.8 Å². The van der Waals surface area contributed by atoms with Gasteiger partial charge in [-0.05, 0) is 25.0 Å². The van der Waals surface area contributed by atoms with Gasteiger partial charge in [-0.15, -0.1) is 0 Å². The summed E-state index contributed by atoms with van der Waals surface area (Å²) in [6.07, 6.45) is 5.46. The van der Waals surface area contributed by atoms with E-state index in [1.165, 1.54) is 6.42 Å². The molecule has 3 N–H and O–H groups in total. The van der Waals surface area contributed by atoms with Crippen molar-refractivity contribution in [3.05, 3.63) is 24.3 Å². The second-order valence-corrected chi connectivity index (χ2v) is 6.15. The Bertz CT molecular complexity index is 564. The molecule has 1 saturated carbocycles. The minimum atomic E-state index is -0.405. The third-order valence-corrected chi connectivity index (χ3v) is 4.42. The topological polar surface area (TPSA) is 75.4 Å². The van der Waals surface area contributed by atoms with Gasteiger partial charge in [-0.3, -0.25) is 9.59 Å². The van der Waals surface area contributed by atoms with E-state index in [0.717, 1.165) is 31.4 Å². The molecule has 0 bridgehead atoms. The van der Waals surface area contributed by atoms with Gasteiger partial charge in [-0.2, -0.15) is 0 Å². The minimum absolute atomic E-state index is 0.0540. The zero-order chi connectivity index (χ0) is 14.9. The fourth-order valence-electron chi connectivity index (χ4n) is 3.29. The first-order valence-corrected chi connectivity index (χ1v) is 7.56. The Kier molecular flexibility index (Phi) is 3.68. The van der Waals surface area contributed by atoms with E-state index >= 15 is 0 Å². The van der Waals surface area contributed by atoms with Crippen LogP contribution in [0.4, 0.5) is 11.4 Å². The zero-order valence-corrected chi connectivity index (χ0v) is 12.1. The highest BCUT2D eigenvalue weighted by atomic mass is 16.2. The number of nitrogens with one attached hydrogen (secondary N) is 1. The fourth-order valence-corrected chi connectivity index (χ4v) is 3.29. The summed E-state index contributed by atoms with van der Waals surface area (Å²) < 4.78 is 0. The Labute approximate surface area is 124 Å². The molecule has 1 aromatic rings. The molecule has 5 nitrogen and oxygen atoms in total. The van der Waals surface area contributed by atoms with Crippen molar-refractivity contribution in [3.8, 4) is 0 Å². The molecule has 1 heterocycles. The molecule has 112 valence electrons. The van der Waals surface area contributed by atoms with Gasteiger partial charge < -0.3 is 16.0 Å². The largest absolute Gasteiger partial charge is 0.325 e. The number of nitrogens with two attached hydrogens (primary N) is 1. The van der Waals surface area contributed by atoms with Crippen LogP contribution in [0, 0.1) is 0 Å². The highest BCUT2D eigenvalue weighted by Gasteiger charge is 2.34. The van der Waals surface area contributed by atoms with Crippen LogP contribution in [-0.2, 0) is 9.59 Å². The summed E-state index contributed by atoms with van der Waals surface area (Å²) in [6, 6.07) is 7.39. The van der Waals surface area contributed by atoms with Crippen LogP contribution in [0.15, 0.2) is 24.3 Å². The van der Waals surface area contributed by atoms with Crippen molar-refractivity contribution in [3.63, 3.8) is 0 Å². The van der Waals surface area contributed by atoms with Gasteiger partial charge in [0.25, 0.3) is 0 Å². The van der Waals surface area contributed by atoms with E-state index in [0.29, 0.717) is 12.1 Å². The van der Waals surface area contributed by atoms with Crippen LogP contribution in [0.3, 0.4) is 0 Å². The molecule has 2 amide bonds. The van der Waals surface area contributed by atoms with Gasteiger partial charge in [0.05, 0.1) is 11.4 Å². The average Bonchev–Trinajstić information content (AvgIpc) is 2.46. The van der Waals surface area contributed by atoms with E-state index in [4.69, 9.17) is 5.73 Å². The SMILES string of the molecule is NC1(CC(=O)N2CC(=O)Nc3ccccc32)CCCCC1. The molecule has 1 aromatic carbocycles. The van der Waals surface area contributed by atoms with Gasteiger partial charge in [-0.1, -0.05) is 31.4 Å². The summed E-state index contributed by atoms with van der Waals surface area (Å²) in [5.41, 5.74) is 7.43. The minimum Gasteiger partial charge on any atom is -0.325 e. The quantitative estimate of drug-likeness (QED) is 0.874. The summed E-state index contributed by atoms with van der Waals surface area (Å²) in [5.74, 6) is -0.210. The van der Waals surface area contributed by atoms with E-state index < -0.39 is 5.54 Å². The third kappa shape index (κ3) is 2.93. The van der Waals surface area contributed by atoms with Crippen LogP contribution in [0.25, 0.3) is 0 Å². The number of hydrogen-bond acceptors (Lipinski definition) is 3. The number of carbonyl (C=O) groups excluding carboxylic acids is 2. The molecule has 2 aliphatic rings. The molecule has 1 aliphatic carbocycles. The Balaban J connectivity index is 1.80. The highest BCUT2D eigenvalue weighted by molar-refractivity contribution is 6.10.